The average molecular weight is 320 g/mol. The van der Waals surface area contributed by atoms with Crippen LogP contribution in [0.25, 0.3) is 0 Å². The first-order valence-corrected chi connectivity index (χ1v) is 7.49. The number of halogens is 1. The van der Waals surface area contributed by atoms with E-state index in [9.17, 15) is 4.79 Å². The van der Waals surface area contributed by atoms with Crippen molar-refractivity contribution >= 4 is 28.8 Å². The van der Waals surface area contributed by atoms with Gasteiger partial charge in [-0.1, -0.05) is 35.6 Å². The van der Waals surface area contributed by atoms with Gasteiger partial charge in [0.1, 0.15) is 6.61 Å². The number of hydrogen-bond acceptors (Lipinski definition) is 3. The van der Waals surface area contributed by atoms with Gasteiger partial charge in [-0.05, 0) is 29.8 Å². The maximum atomic E-state index is 12.3. The Morgan fingerprint density at radius 1 is 1.29 bits per heavy atom. The lowest BCUT2D eigenvalue weighted by Crippen LogP contribution is -2.25. The molecule has 1 heterocycles. The minimum Gasteiger partial charge on any atom is -0.384 e. The van der Waals surface area contributed by atoms with Crippen molar-refractivity contribution < 1.29 is 9.90 Å². The van der Waals surface area contributed by atoms with E-state index in [0.29, 0.717) is 16.4 Å². The fourth-order valence-electron chi connectivity index (χ4n) is 1.77. The number of rotatable bonds is 3. The zero-order valence-corrected chi connectivity index (χ0v) is 13.0. The molecule has 0 aliphatic heterocycles. The van der Waals surface area contributed by atoms with Crippen molar-refractivity contribution in [3.8, 4) is 11.8 Å². The van der Waals surface area contributed by atoms with Crippen LogP contribution in [0.15, 0.2) is 36.4 Å². The fourth-order valence-corrected chi connectivity index (χ4v) is 2.77. The summed E-state index contributed by atoms with van der Waals surface area (Å²) in [6.07, 6.45) is 0. The minimum absolute atomic E-state index is 0.0491. The zero-order valence-electron chi connectivity index (χ0n) is 11.5. The first-order chi connectivity index (χ1) is 10.1. The number of carbonyl (C=O) groups is 1. The predicted octanol–water partition coefficient (Wildman–Crippen LogP) is 3.02. The number of thiophene rings is 1. The first-order valence-electron chi connectivity index (χ1n) is 6.29. The standard InChI is InChI=1S/C16H14ClNO2S/c1-18(11-12-4-6-13(17)7-5-12)16(20)15-9-8-14(21-15)3-2-10-19/h4-9,19H,10-11H2,1H3. The van der Waals surface area contributed by atoms with Crippen LogP contribution in [0.3, 0.4) is 0 Å². The van der Waals surface area contributed by atoms with Crippen LogP contribution >= 0.6 is 22.9 Å². The number of aliphatic hydroxyl groups excluding tert-OH is 1. The van der Waals surface area contributed by atoms with Gasteiger partial charge in [0.25, 0.3) is 5.91 Å². The van der Waals surface area contributed by atoms with Crippen LogP contribution < -0.4 is 0 Å². The minimum atomic E-state index is -0.183. The molecule has 0 saturated carbocycles. The topological polar surface area (TPSA) is 40.5 Å². The summed E-state index contributed by atoms with van der Waals surface area (Å²) in [5.74, 6) is 5.32. The Morgan fingerprint density at radius 3 is 2.67 bits per heavy atom. The molecule has 2 rings (SSSR count). The summed E-state index contributed by atoms with van der Waals surface area (Å²) in [5, 5.41) is 9.34. The van der Waals surface area contributed by atoms with Crippen molar-refractivity contribution in [2.75, 3.05) is 13.7 Å². The maximum absolute atomic E-state index is 12.3. The lowest BCUT2D eigenvalue weighted by molar-refractivity contribution is 0.0790. The second kappa shape index (κ2) is 7.28. The third-order valence-corrected chi connectivity index (χ3v) is 4.03. The lowest BCUT2D eigenvalue weighted by Gasteiger charge is -2.16. The first kappa shape index (κ1) is 15.6. The van der Waals surface area contributed by atoms with E-state index in [1.54, 1.807) is 24.1 Å². The second-order valence-electron chi connectivity index (χ2n) is 4.41. The van der Waals surface area contributed by atoms with Gasteiger partial charge in [-0.2, -0.15) is 0 Å². The monoisotopic (exact) mass is 319 g/mol. The lowest BCUT2D eigenvalue weighted by atomic mass is 10.2. The average Bonchev–Trinajstić information content (AvgIpc) is 2.95. The molecule has 3 nitrogen and oxygen atoms in total. The van der Waals surface area contributed by atoms with Crippen LogP contribution in [-0.4, -0.2) is 29.6 Å². The van der Waals surface area contributed by atoms with Crippen molar-refractivity contribution in [2.24, 2.45) is 0 Å². The SMILES string of the molecule is CN(Cc1ccc(Cl)cc1)C(=O)c1ccc(C#CCO)s1. The van der Waals surface area contributed by atoms with Gasteiger partial charge in [-0.25, -0.2) is 0 Å². The molecule has 1 N–H and O–H groups in total. The molecule has 108 valence electrons. The smallest absolute Gasteiger partial charge is 0.264 e. The van der Waals surface area contributed by atoms with E-state index in [4.69, 9.17) is 16.7 Å². The normalized spacial score (nSPS) is 9.86. The Labute approximate surface area is 132 Å². The highest BCUT2D eigenvalue weighted by atomic mass is 35.5. The van der Waals surface area contributed by atoms with Gasteiger partial charge in [0.15, 0.2) is 0 Å². The van der Waals surface area contributed by atoms with E-state index in [1.807, 2.05) is 24.3 Å². The van der Waals surface area contributed by atoms with Crippen molar-refractivity contribution in [3.05, 3.63) is 56.7 Å². The molecular formula is C16H14ClNO2S. The summed E-state index contributed by atoms with van der Waals surface area (Å²) >= 11 is 7.17. The summed E-state index contributed by atoms with van der Waals surface area (Å²) in [4.78, 5) is 15.4. The summed E-state index contributed by atoms with van der Waals surface area (Å²) in [6.45, 7) is 0.337. The molecule has 0 bridgehead atoms. The third kappa shape index (κ3) is 4.33. The van der Waals surface area contributed by atoms with Gasteiger partial charge < -0.3 is 10.0 Å². The number of benzene rings is 1. The van der Waals surface area contributed by atoms with Crippen molar-refractivity contribution in [1.29, 1.82) is 0 Å². The number of nitrogens with zero attached hydrogens (tertiary/aromatic N) is 1. The van der Waals surface area contributed by atoms with Gasteiger partial charge in [-0.15, -0.1) is 11.3 Å². The predicted molar refractivity (Wildman–Crippen MR) is 85.5 cm³/mol. The zero-order chi connectivity index (χ0) is 15.2. The van der Waals surface area contributed by atoms with E-state index in [2.05, 4.69) is 11.8 Å². The Kier molecular flexibility index (Phi) is 5.40. The largest absolute Gasteiger partial charge is 0.384 e. The molecule has 0 aliphatic rings. The Morgan fingerprint density at radius 2 is 2.00 bits per heavy atom. The van der Waals surface area contributed by atoms with E-state index in [0.717, 1.165) is 10.4 Å². The van der Waals surface area contributed by atoms with Gasteiger partial charge in [0.2, 0.25) is 0 Å². The molecule has 1 aromatic carbocycles. The quantitative estimate of drug-likeness (QED) is 0.883. The molecule has 0 spiro atoms. The highest BCUT2D eigenvalue weighted by Crippen LogP contribution is 2.18. The fraction of sp³-hybridized carbons (Fsp3) is 0.188. The van der Waals surface area contributed by atoms with Crippen LogP contribution in [0.1, 0.15) is 20.1 Å². The molecule has 5 heteroatoms. The van der Waals surface area contributed by atoms with E-state index < -0.39 is 0 Å². The molecule has 1 amide bonds. The molecule has 0 aliphatic carbocycles. The molecule has 0 fully saturated rings. The van der Waals surface area contributed by atoms with Gasteiger partial charge >= 0.3 is 0 Å². The van der Waals surface area contributed by atoms with Crippen LogP contribution in [-0.2, 0) is 6.54 Å². The highest BCUT2D eigenvalue weighted by molar-refractivity contribution is 7.14. The molecule has 2 aromatic rings. The summed E-state index contributed by atoms with van der Waals surface area (Å²) in [7, 11) is 1.76. The summed E-state index contributed by atoms with van der Waals surface area (Å²) in [5.41, 5.74) is 1.02. The van der Waals surface area contributed by atoms with Crippen molar-refractivity contribution in [2.45, 2.75) is 6.54 Å². The van der Waals surface area contributed by atoms with Crippen molar-refractivity contribution in [1.82, 2.24) is 4.90 Å². The van der Waals surface area contributed by atoms with Crippen LogP contribution in [0.2, 0.25) is 5.02 Å². The Balaban J connectivity index is 2.05. The Bertz CT molecular complexity index is 682. The summed E-state index contributed by atoms with van der Waals surface area (Å²) < 4.78 is 0. The van der Waals surface area contributed by atoms with Crippen LogP contribution in [0.4, 0.5) is 0 Å². The Hall–Kier alpha value is -1.80. The van der Waals surface area contributed by atoms with Crippen molar-refractivity contribution in [3.63, 3.8) is 0 Å². The van der Waals surface area contributed by atoms with Crippen LogP contribution in [0, 0.1) is 11.8 Å². The van der Waals surface area contributed by atoms with E-state index in [1.165, 1.54) is 11.3 Å². The summed E-state index contributed by atoms with van der Waals surface area (Å²) in [6, 6.07) is 11.0. The van der Waals surface area contributed by atoms with E-state index >= 15 is 0 Å². The molecule has 0 saturated heterocycles. The molecule has 1 aromatic heterocycles. The van der Waals surface area contributed by atoms with Gasteiger partial charge in [-0.3, -0.25) is 4.79 Å². The second-order valence-corrected chi connectivity index (χ2v) is 5.93. The third-order valence-electron chi connectivity index (χ3n) is 2.79. The van der Waals surface area contributed by atoms with Gasteiger partial charge in [0, 0.05) is 18.6 Å². The maximum Gasteiger partial charge on any atom is 0.264 e. The number of aliphatic hydroxyl groups is 1. The molecule has 21 heavy (non-hydrogen) atoms. The van der Waals surface area contributed by atoms with Gasteiger partial charge in [0.05, 0.1) is 9.75 Å². The number of amides is 1. The molecule has 0 radical (unpaired) electrons. The van der Waals surface area contributed by atoms with E-state index in [-0.39, 0.29) is 12.5 Å². The molecule has 0 atom stereocenters. The number of carbonyl (C=O) groups excluding carboxylic acids is 1. The highest BCUT2D eigenvalue weighted by Gasteiger charge is 2.14. The van der Waals surface area contributed by atoms with Crippen LogP contribution in [0.5, 0.6) is 0 Å². The number of hydrogen-bond donors (Lipinski definition) is 1. The molecule has 0 unspecified atom stereocenters. The molecular weight excluding hydrogens is 306 g/mol.